The van der Waals surface area contributed by atoms with E-state index < -0.39 is 0 Å². The fourth-order valence-electron chi connectivity index (χ4n) is 0.876. The quantitative estimate of drug-likeness (QED) is 0.756. The van der Waals surface area contributed by atoms with Gasteiger partial charge < -0.3 is 10.4 Å². The Labute approximate surface area is 77.2 Å². The van der Waals surface area contributed by atoms with Crippen molar-refractivity contribution in [2.24, 2.45) is 0 Å². The van der Waals surface area contributed by atoms with Crippen molar-refractivity contribution in [1.29, 1.82) is 0 Å². The Hall–Kier alpha value is -0.730. The molecule has 0 fully saturated rings. The highest BCUT2D eigenvalue weighted by Gasteiger charge is 1.98. The van der Waals surface area contributed by atoms with Crippen LogP contribution < -0.4 is 5.32 Å². The van der Waals surface area contributed by atoms with Crippen molar-refractivity contribution in [1.82, 2.24) is 0 Å². The van der Waals surface area contributed by atoms with Gasteiger partial charge in [-0.25, -0.2) is 0 Å². The molecule has 0 saturated heterocycles. The van der Waals surface area contributed by atoms with Gasteiger partial charge in [-0.05, 0) is 31.2 Å². The number of hydrogen-bond acceptors (Lipinski definition) is 2. The molecule has 12 heavy (non-hydrogen) atoms. The number of anilines is 1. The average Bonchev–Trinajstić information content (AvgIpc) is 2.09. The molecular weight excluding hydrogens is 174 g/mol. The SMILES string of the molecule is CC(CO)Nc1ccc(Cl)cc1. The fourth-order valence-corrected chi connectivity index (χ4v) is 1.00. The van der Waals surface area contributed by atoms with Gasteiger partial charge in [0.25, 0.3) is 0 Å². The monoisotopic (exact) mass is 185 g/mol. The van der Waals surface area contributed by atoms with Crippen LogP contribution in [0.1, 0.15) is 6.92 Å². The third kappa shape index (κ3) is 2.72. The lowest BCUT2D eigenvalue weighted by atomic mass is 10.3. The number of benzene rings is 1. The van der Waals surface area contributed by atoms with E-state index in [2.05, 4.69) is 5.32 Å². The number of aliphatic hydroxyl groups is 1. The van der Waals surface area contributed by atoms with Crippen LogP contribution in [0.4, 0.5) is 5.69 Å². The molecule has 3 heteroatoms. The summed E-state index contributed by atoms with van der Waals surface area (Å²) in [4.78, 5) is 0. The summed E-state index contributed by atoms with van der Waals surface area (Å²) >= 11 is 5.70. The Morgan fingerprint density at radius 1 is 1.42 bits per heavy atom. The maximum absolute atomic E-state index is 8.76. The highest BCUT2D eigenvalue weighted by molar-refractivity contribution is 6.30. The third-order valence-electron chi connectivity index (χ3n) is 1.53. The van der Waals surface area contributed by atoms with E-state index in [0.29, 0.717) is 0 Å². The van der Waals surface area contributed by atoms with Gasteiger partial charge in [-0.3, -0.25) is 0 Å². The molecule has 0 aromatic heterocycles. The summed E-state index contributed by atoms with van der Waals surface area (Å²) in [6.45, 7) is 2.04. The number of aliphatic hydroxyl groups excluding tert-OH is 1. The van der Waals surface area contributed by atoms with Gasteiger partial charge in [0.1, 0.15) is 0 Å². The van der Waals surface area contributed by atoms with E-state index in [0.717, 1.165) is 10.7 Å². The van der Waals surface area contributed by atoms with Crippen LogP contribution in [0.3, 0.4) is 0 Å². The second-order valence-electron chi connectivity index (χ2n) is 2.73. The molecule has 1 unspecified atom stereocenters. The molecule has 0 aliphatic heterocycles. The molecular formula is C9H12ClNO. The zero-order valence-electron chi connectivity index (χ0n) is 6.92. The summed E-state index contributed by atoms with van der Waals surface area (Å²) in [7, 11) is 0. The predicted molar refractivity (Wildman–Crippen MR) is 51.6 cm³/mol. The predicted octanol–water partition coefficient (Wildman–Crippen LogP) is 2.13. The highest BCUT2D eigenvalue weighted by atomic mass is 35.5. The van der Waals surface area contributed by atoms with Crippen LogP contribution in [0.25, 0.3) is 0 Å². The van der Waals surface area contributed by atoms with Crippen LogP contribution in [0.2, 0.25) is 5.02 Å². The minimum absolute atomic E-state index is 0.0752. The Kier molecular flexibility index (Phi) is 3.38. The summed E-state index contributed by atoms with van der Waals surface area (Å²) in [6, 6.07) is 7.47. The van der Waals surface area contributed by atoms with Crippen LogP contribution in [0.5, 0.6) is 0 Å². The second kappa shape index (κ2) is 4.33. The summed E-state index contributed by atoms with van der Waals surface area (Å²) in [6.07, 6.45) is 0. The molecule has 0 bridgehead atoms. The Bertz CT molecular complexity index is 235. The summed E-state index contributed by atoms with van der Waals surface area (Å²) in [5, 5.41) is 12.6. The minimum Gasteiger partial charge on any atom is -0.394 e. The topological polar surface area (TPSA) is 32.3 Å². The van der Waals surface area contributed by atoms with E-state index in [4.69, 9.17) is 16.7 Å². The van der Waals surface area contributed by atoms with Gasteiger partial charge in [-0.1, -0.05) is 11.6 Å². The van der Waals surface area contributed by atoms with Crippen molar-refractivity contribution in [3.63, 3.8) is 0 Å². The molecule has 1 aromatic carbocycles. The molecule has 1 atom stereocenters. The lowest BCUT2D eigenvalue weighted by Gasteiger charge is -2.11. The summed E-state index contributed by atoms with van der Waals surface area (Å²) in [5.74, 6) is 0. The van der Waals surface area contributed by atoms with Crippen LogP contribution in [-0.4, -0.2) is 17.8 Å². The molecule has 0 aliphatic carbocycles. The fraction of sp³-hybridized carbons (Fsp3) is 0.333. The van der Waals surface area contributed by atoms with Gasteiger partial charge >= 0.3 is 0 Å². The Morgan fingerprint density at radius 2 is 2.00 bits per heavy atom. The summed E-state index contributed by atoms with van der Waals surface area (Å²) < 4.78 is 0. The molecule has 0 spiro atoms. The van der Waals surface area contributed by atoms with Gasteiger partial charge in [0, 0.05) is 16.8 Å². The molecule has 1 aromatic rings. The van der Waals surface area contributed by atoms with E-state index in [9.17, 15) is 0 Å². The first-order valence-electron chi connectivity index (χ1n) is 3.85. The smallest absolute Gasteiger partial charge is 0.0630 e. The van der Waals surface area contributed by atoms with Crippen LogP contribution in [0.15, 0.2) is 24.3 Å². The Morgan fingerprint density at radius 3 is 2.50 bits per heavy atom. The van der Waals surface area contributed by atoms with Crippen molar-refractivity contribution < 1.29 is 5.11 Å². The van der Waals surface area contributed by atoms with E-state index in [1.165, 1.54) is 0 Å². The lowest BCUT2D eigenvalue weighted by molar-refractivity contribution is 0.281. The van der Waals surface area contributed by atoms with Crippen molar-refractivity contribution in [2.75, 3.05) is 11.9 Å². The highest BCUT2D eigenvalue weighted by Crippen LogP contribution is 2.13. The molecule has 0 amide bonds. The molecule has 2 nitrogen and oxygen atoms in total. The Balaban J connectivity index is 2.58. The van der Waals surface area contributed by atoms with Gasteiger partial charge in [-0.15, -0.1) is 0 Å². The maximum Gasteiger partial charge on any atom is 0.0630 e. The van der Waals surface area contributed by atoms with Crippen molar-refractivity contribution in [2.45, 2.75) is 13.0 Å². The van der Waals surface area contributed by atoms with Crippen LogP contribution >= 0.6 is 11.6 Å². The van der Waals surface area contributed by atoms with Gasteiger partial charge in [-0.2, -0.15) is 0 Å². The van der Waals surface area contributed by atoms with Gasteiger partial charge in [0.15, 0.2) is 0 Å². The number of halogens is 1. The normalized spacial score (nSPS) is 12.6. The first-order valence-corrected chi connectivity index (χ1v) is 4.23. The molecule has 66 valence electrons. The van der Waals surface area contributed by atoms with E-state index in [1.807, 2.05) is 31.2 Å². The second-order valence-corrected chi connectivity index (χ2v) is 3.17. The number of hydrogen-bond donors (Lipinski definition) is 2. The van der Waals surface area contributed by atoms with Gasteiger partial charge in [0.05, 0.1) is 6.61 Å². The van der Waals surface area contributed by atoms with Crippen LogP contribution in [-0.2, 0) is 0 Å². The molecule has 2 N–H and O–H groups in total. The van der Waals surface area contributed by atoms with Crippen molar-refractivity contribution in [3.8, 4) is 0 Å². The van der Waals surface area contributed by atoms with Crippen molar-refractivity contribution >= 4 is 17.3 Å². The molecule has 0 saturated carbocycles. The summed E-state index contributed by atoms with van der Waals surface area (Å²) in [5.41, 5.74) is 0.973. The molecule has 0 heterocycles. The number of nitrogens with one attached hydrogen (secondary N) is 1. The number of rotatable bonds is 3. The standard InChI is InChI=1S/C9H12ClNO/c1-7(6-12)11-9-4-2-8(10)3-5-9/h2-5,7,11-12H,6H2,1H3. The molecule has 0 aliphatic rings. The lowest BCUT2D eigenvalue weighted by Crippen LogP contribution is -2.18. The van der Waals surface area contributed by atoms with Crippen molar-refractivity contribution in [3.05, 3.63) is 29.3 Å². The third-order valence-corrected chi connectivity index (χ3v) is 1.78. The average molecular weight is 186 g/mol. The minimum atomic E-state index is 0.0752. The zero-order valence-corrected chi connectivity index (χ0v) is 7.67. The van der Waals surface area contributed by atoms with E-state index in [1.54, 1.807) is 0 Å². The first-order chi connectivity index (χ1) is 5.72. The van der Waals surface area contributed by atoms with Gasteiger partial charge in [0.2, 0.25) is 0 Å². The molecule has 1 rings (SSSR count). The maximum atomic E-state index is 8.76. The largest absolute Gasteiger partial charge is 0.394 e. The van der Waals surface area contributed by atoms with Crippen LogP contribution in [0, 0.1) is 0 Å². The first kappa shape index (κ1) is 9.36. The van der Waals surface area contributed by atoms with E-state index in [-0.39, 0.29) is 12.6 Å². The van der Waals surface area contributed by atoms with E-state index >= 15 is 0 Å². The molecule has 0 radical (unpaired) electrons. The zero-order chi connectivity index (χ0) is 8.97.